The molecule has 5 nitrogen and oxygen atoms in total. The third-order valence-electron chi connectivity index (χ3n) is 6.55. The van der Waals surface area contributed by atoms with Gasteiger partial charge in [0.2, 0.25) is 0 Å². The Morgan fingerprint density at radius 2 is 1.76 bits per heavy atom. The summed E-state index contributed by atoms with van der Waals surface area (Å²) in [6.45, 7) is 2.02. The third-order valence-corrected chi connectivity index (χ3v) is 6.55. The Labute approximate surface area is 193 Å². The number of pyridine rings is 1. The fourth-order valence-electron chi connectivity index (χ4n) is 4.96. The Morgan fingerprint density at radius 1 is 1.00 bits per heavy atom. The number of ketones is 1. The molecule has 2 atom stereocenters. The quantitative estimate of drug-likeness (QED) is 0.623. The van der Waals surface area contributed by atoms with Gasteiger partial charge in [0.25, 0.3) is 0 Å². The first kappa shape index (κ1) is 20.7. The van der Waals surface area contributed by atoms with Crippen molar-refractivity contribution in [2.75, 3.05) is 4.90 Å². The predicted octanol–water partition coefficient (Wildman–Crippen LogP) is 5.09. The van der Waals surface area contributed by atoms with E-state index < -0.39 is 5.92 Å². The molecule has 2 aromatic carbocycles. The number of hydrogen-bond acceptors (Lipinski definition) is 5. The number of carbonyl (C=O) groups excluding carboxylic acids is 1. The van der Waals surface area contributed by atoms with Crippen LogP contribution < -0.4 is 10.6 Å². The number of anilines is 1. The molecule has 5 heteroatoms. The summed E-state index contributed by atoms with van der Waals surface area (Å²) >= 11 is 0. The van der Waals surface area contributed by atoms with Gasteiger partial charge in [-0.1, -0.05) is 60.2 Å². The number of nitrogens with zero attached hydrogens (tertiary/aromatic N) is 3. The van der Waals surface area contributed by atoms with Crippen LogP contribution in [0, 0.1) is 18.3 Å². The zero-order chi connectivity index (χ0) is 22.9. The lowest BCUT2D eigenvalue weighted by molar-refractivity contribution is -0.116. The molecule has 2 unspecified atom stereocenters. The van der Waals surface area contributed by atoms with Crippen molar-refractivity contribution in [3.05, 3.63) is 118 Å². The number of hydrogen-bond donors (Lipinski definition) is 1. The van der Waals surface area contributed by atoms with Crippen molar-refractivity contribution in [2.45, 2.75) is 31.6 Å². The van der Waals surface area contributed by atoms with Crippen molar-refractivity contribution in [2.24, 2.45) is 5.73 Å². The van der Waals surface area contributed by atoms with Crippen LogP contribution in [0.4, 0.5) is 5.69 Å². The van der Waals surface area contributed by atoms with Gasteiger partial charge < -0.3 is 5.73 Å². The summed E-state index contributed by atoms with van der Waals surface area (Å²) in [6.07, 6.45) is 4.48. The van der Waals surface area contributed by atoms with Gasteiger partial charge >= 0.3 is 0 Å². The molecule has 162 valence electrons. The first-order valence-electron chi connectivity index (χ1n) is 11.1. The van der Waals surface area contributed by atoms with E-state index in [2.05, 4.69) is 23.2 Å². The SMILES string of the molecule is Cc1ccc(C2C(C#N)=C(N)N(c3cccnc3)C3=C2C(=O)CC(c2ccccc2)C3)cc1. The number of aryl methyl sites for hydroxylation is 1. The molecule has 0 amide bonds. The smallest absolute Gasteiger partial charge is 0.162 e. The van der Waals surface area contributed by atoms with E-state index in [0.29, 0.717) is 29.8 Å². The number of rotatable bonds is 3. The van der Waals surface area contributed by atoms with Crippen molar-refractivity contribution in [1.82, 2.24) is 4.98 Å². The molecule has 2 N–H and O–H groups in total. The molecule has 2 aliphatic rings. The molecule has 1 aromatic heterocycles. The minimum atomic E-state index is -0.470. The van der Waals surface area contributed by atoms with E-state index in [4.69, 9.17) is 5.73 Å². The molecule has 5 rings (SSSR count). The Kier molecular flexibility index (Phi) is 5.27. The number of nitriles is 1. The van der Waals surface area contributed by atoms with Crippen LogP contribution >= 0.6 is 0 Å². The number of aromatic nitrogens is 1. The molecular weight excluding hydrogens is 408 g/mol. The van der Waals surface area contributed by atoms with Crippen LogP contribution in [-0.4, -0.2) is 10.8 Å². The maximum absolute atomic E-state index is 13.7. The molecule has 3 aromatic rings. The van der Waals surface area contributed by atoms with Gasteiger partial charge in [-0.05, 0) is 42.5 Å². The number of Topliss-reactive ketones (excluding diaryl/α,β-unsaturated/α-hetero) is 1. The van der Waals surface area contributed by atoms with Gasteiger partial charge in [-0.2, -0.15) is 5.26 Å². The molecule has 0 fully saturated rings. The highest BCUT2D eigenvalue weighted by atomic mass is 16.1. The summed E-state index contributed by atoms with van der Waals surface area (Å²) < 4.78 is 0. The Hall–Kier alpha value is -4.17. The maximum atomic E-state index is 13.7. The summed E-state index contributed by atoms with van der Waals surface area (Å²) in [5.41, 5.74) is 12.5. The lowest BCUT2D eigenvalue weighted by Gasteiger charge is -2.41. The summed E-state index contributed by atoms with van der Waals surface area (Å²) in [5, 5.41) is 10.2. The van der Waals surface area contributed by atoms with Gasteiger partial charge in [0, 0.05) is 23.9 Å². The summed E-state index contributed by atoms with van der Waals surface area (Å²) in [7, 11) is 0. The number of carbonyl (C=O) groups is 1. The van der Waals surface area contributed by atoms with Crippen LogP contribution in [0.25, 0.3) is 0 Å². The van der Waals surface area contributed by atoms with Gasteiger partial charge in [0.1, 0.15) is 5.82 Å². The lowest BCUT2D eigenvalue weighted by Crippen LogP contribution is -2.40. The van der Waals surface area contributed by atoms with Crippen LogP contribution in [-0.2, 0) is 4.79 Å². The number of allylic oxidation sites excluding steroid dienone is 3. The summed E-state index contributed by atoms with van der Waals surface area (Å²) in [5.74, 6) is -0.00405. The zero-order valence-electron chi connectivity index (χ0n) is 18.4. The van der Waals surface area contributed by atoms with E-state index in [1.54, 1.807) is 12.4 Å². The highest BCUT2D eigenvalue weighted by Gasteiger charge is 2.42. The molecule has 2 heterocycles. The molecule has 0 spiro atoms. The first-order chi connectivity index (χ1) is 16.1. The monoisotopic (exact) mass is 432 g/mol. The number of benzene rings is 2. The van der Waals surface area contributed by atoms with Gasteiger partial charge in [0.05, 0.1) is 29.4 Å². The van der Waals surface area contributed by atoms with E-state index in [1.165, 1.54) is 0 Å². The van der Waals surface area contributed by atoms with Gasteiger partial charge in [-0.25, -0.2) is 0 Å². The topological polar surface area (TPSA) is 83.0 Å². The van der Waals surface area contributed by atoms with E-state index >= 15 is 0 Å². The fraction of sp³-hybridized carbons (Fsp3) is 0.179. The molecule has 1 aliphatic heterocycles. The normalized spacial score (nSPS) is 20.5. The Bertz CT molecular complexity index is 1300. The van der Waals surface area contributed by atoms with Crippen molar-refractivity contribution >= 4 is 11.5 Å². The van der Waals surface area contributed by atoms with E-state index in [-0.39, 0.29) is 11.7 Å². The average Bonchev–Trinajstić information content (AvgIpc) is 2.85. The average molecular weight is 433 g/mol. The van der Waals surface area contributed by atoms with Crippen molar-refractivity contribution in [3.63, 3.8) is 0 Å². The van der Waals surface area contributed by atoms with Crippen LogP contribution in [0.5, 0.6) is 0 Å². The van der Waals surface area contributed by atoms with Gasteiger partial charge in [-0.3, -0.25) is 14.7 Å². The fourth-order valence-corrected chi connectivity index (χ4v) is 4.96. The molecule has 0 bridgehead atoms. The van der Waals surface area contributed by atoms with Gasteiger partial charge in [0.15, 0.2) is 5.78 Å². The third kappa shape index (κ3) is 3.60. The summed E-state index contributed by atoms with van der Waals surface area (Å²) in [4.78, 5) is 19.9. The van der Waals surface area contributed by atoms with Crippen LogP contribution in [0.15, 0.2) is 102 Å². The van der Waals surface area contributed by atoms with Crippen LogP contribution in [0.2, 0.25) is 0 Å². The van der Waals surface area contributed by atoms with E-state index in [1.807, 2.05) is 66.4 Å². The van der Waals surface area contributed by atoms with Gasteiger partial charge in [-0.15, -0.1) is 0 Å². The molecule has 33 heavy (non-hydrogen) atoms. The van der Waals surface area contributed by atoms with Crippen molar-refractivity contribution in [1.29, 1.82) is 5.26 Å². The second kappa shape index (κ2) is 8.40. The van der Waals surface area contributed by atoms with Crippen molar-refractivity contribution < 1.29 is 4.79 Å². The molecule has 0 saturated heterocycles. The second-order valence-corrected chi connectivity index (χ2v) is 8.60. The van der Waals surface area contributed by atoms with Crippen molar-refractivity contribution in [3.8, 4) is 6.07 Å². The second-order valence-electron chi connectivity index (χ2n) is 8.60. The molecule has 0 saturated carbocycles. The first-order valence-corrected chi connectivity index (χ1v) is 11.1. The van der Waals surface area contributed by atoms with Crippen LogP contribution in [0.1, 0.15) is 41.4 Å². The molecule has 0 radical (unpaired) electrons. The highest BCUT2D eigenvalue weighted by molar-refractivity contribution is 6.01. The lowest BCUT2D eigenvalue weighted by atomic mass is 9.72. The largest absolute Gasteiger partial charge is 0.384 e. The standard InChI is InChI=1S/C28H24N4O/c1-18-9-11-20(12-10-18)26-23(16-29)28(30)32(22-8-5-13-31-17-22)24-14-21(15-25(33)27(24)26)19-6-3-2-4-7-19/h2-13,17,21,26H,14-15,30H2,1H3. The molecule has 1 aliphatic carbocycles. The predicted molar refractivity (Wildman–Crippen MR) is 128 cm³/mol. The van der Waals surface area contributed by atoms with E-state index in [0.717, 1.165) is 28.1 Å². The van der Waals surface area contributed by atoms with Crippen LogP contribution in [0.3, 0.4) is 0 Å². The summed E-state index contributed by atoms with van der Waals surface area (Å²) in [6, 6.07) is 24.2. The number of nitrogens with two attached hydrogens (primary N) is 1. The minimum absolute atomic E-state index is 0.0479. The molecular formula is C28H24N4O. The maximum Gasteiger partial charge on any atom is 0.162 e. The minimum Gasteiger partial charge on any atom is -0.384 e. The highest BCUT2D eigenvalue weighted by Crippen LogP contribution is 2.49. The van der Waals surface area contributed by atoms with E-state index in [9.17, 15) is 10.1 Å². The zero-order valence-corrected chi connectivity index (χ0v) is 18.4. The Morgan fingerprint density at radius 3 is 2.42 bits per heavy atom. The Balaban J connectivity index is 1.72.